The molecule has 0 saturated carbocycles. The number of carbonyl (C=O) groups is 1. The van der Waals surface area contributed by atoms with Crippen LogP contribution in [0.3, 0.4) is 0 Å². The number of rotatable bonds is 3. The molecule has 4 nitrogen and oxygen atoms in total. The molecule has 2 aromatic rings. The summed E-state index contributed by atoms with van der Waals surface area (Å²) in [6.45, 7) is 3.75. The van der Waals surface area contributed by atoms with Crippen LogP contribution >= 0.6 is 0 Å². The fourth-order valence-corrected chi connectivity index (χ4v) is 1.84. The van der Waals surface area contributed by atoms with Crippen molar-refractivity contribution in [2.24, 2.45) is 5.11 Å². The van der Waals surface area contributed by atoms with Gasteiger partial charge in [0.15, 0.2) is 0 Å². The van der Waals surface area contributed by atoms with Gasteiger partial charge in [-0.1, -0.05) is 18.2 Å². The predicted octanol–water partition coefficient (Wildman–Crippen LogP) is 4.22. The van der Waals surface area contributed by atoms with Crippen molar-refractivity contribution in [3.8, 4) is 0 Å². The predicted molar refractivity (Wildman–Crippen MR) is 75.1 cm³/mol. The average Bonchev–Trinajstić information content (AvgIpc) is 2.43. The molecule has 0 unspecified atom stereocenters. The van der Waals surface area contributed by atoms with Gasteiger partial charge in [-0.3, -0.25) is 4.79 Å². The summed E-state index contributed by atoms with van der Waals surface area (Å²) in [5.74, 6) is -0.140. The highest BCUT2D eigenvalue weighted by Gasteiger charge is 2.09. The fraction of sp³-hybridized carbons (Fsp3) is 0.133. The molecule has 0 saturated heterocycles. The van der Waals surface area contributed by atoms with Crippen molar-refractivity contribution < 1.29 is 4.79 Å². The minimum Gasteiger partial charge on any atom is -0.322 e. The molecule has 2 aromatic carbocycles. The molecule has 0 spiro atoms. The lowest BCUT2D eigenvalue weighted by atomic mass is 10.1. The largest absolute Gasteiger partial charge is 0.322 e. The van der Waals surface area contributed by atoms with E-state index < -0.39 is 0 Å². The summed E-state index contributed by atoms with van der Waals surface area (Å²) in [4.78, 5) is 12.1. The van der Waals surface area contributed by atoms with Crippen LogP contribution in [0.1, 0.15) is 21.5 Å². The first-order chi connectivity index (χ1) is 9.11. The van der Waals surface area contributed by atoms with Gasteiger partial charge in [0.05, 0.1) is 5.69 Å². The van der Waals surface area contributed by atoms with Crippen LogP contribution in [0.5, 0.6) is 0 Å². The van der Waals surface area contributed by atoms with Gasteiger partial charge in [-0.15, -0.1) is 0 Å². The number of hydrogen-bond acceptors (Lipinski definition) is 3. The van der Waals surface area contributed by atoms with Crippen LogP contribution in [0.15, 0.2) is 47.6 Å². The zero-order chi connectivity index (χ0) is 13.8. The maximum Gasteiger partial charge on any atom is 0.255 e. The van der Waals surface area contributed by atoms with E-state index in [1.54, 1.807) is 18.2 Å². The summed E-state index contributed by atoms with van der Waals surface area (Å²) in [5.41, 5.74) is 10.8. The molecule has 0 aromatic heterocycles. The van der Waals surface area contributed by atoms with Gasteiger partial charge in [-0.2, -0.15) is 5.11 Å². The van der Waals surface area contributed by atoms with Gasteiger partial charge in [0, 0.05) is 11.3 Å². The molecule has 1 amide bonds. The lowest BCUT2D eigenvalue weighted by molar-refractivity contribution is 0.102. The molecule has 0 aliphatic heterocycles. The highest BCUT2D eigenvalue weighted by Crippen LogP contribution is 2.26. The molecule has 4 heteroatoms. The van der Waals surface area contributed by atoms with E-state index in [0.29, 0.717) is 11.3 Å². The first kappa shape index (κ1) is 13.0. The minimum atomic E-state index is -0.140. The van der Waals surface area contributed by atoms with E-state index in [1.807, 2.05) is 38.1 Å². The molecule has 19 heavy (non-hydrogen) atoms. The molecule has 2 N–H and O–H groups in total. The summed E-state index contributed by atoms with van der Waals surface area (Å²) >= 11 is 0. The summed E-state index contributed by atoms with van der Waals surface area (Å²) in [6, 6.07) is 12.7. The van der Waals surface area contributed by atoms with Crippen LogP contribution in [-0.4, -0.2) is 5.91 Å². The molecule has 0 aliphatic carbocycles. The number of carbonyl (C=O) groups excluding carboxylic acids is 1. The van der Waals surface area contributed by atoms with E-state index in [-0.39, 0.29) is 5.91 Å². The number of hydrogen-bond donors (Lipinski definition) is 2. The molecule has 0 heterocycles. The second kappa shape index (κ2) is 5.44. The van der Waals surface area contributed by atoms with E-state index in [4.69, 9.17) is 5.53 Å². The third kappa shape index (κ3) is 2.85. The second-order valence-electron chi connectivity index (χ2n) is 4.39. The van der Waals surface area contributed by atoms with Gasteiger partial charge in [0.2, 0.25) is 0 Å². The molecule has 0 aliphatic rings. The number of benzene rings is 2. The van der Waals surface area contributed by atoms with Crippen LogP contribution in [-0.2, 0) is 0 Å². The molecule has 0 bridgehead atoms. The SMILES string of the molecule is Cc1cc(NC(=O)c2ccccc2)c(C)cc1N=N. The maximum atomic E-state index is 12.1. The summed E-state index contributed by atoms with van der Waals surface area (Å²) in [7, 11) is 0. The zero-order valence-electron chi connectivity index (χ0n) is 10.9. The van der Waals surface area contributed by atoms with Gasteiger partial charge < -0.3 is 5.32 Å². The Kier molecular flexibility index (Phi) is 3.71. The Bertz CT molecular complexity index is 621. The zero-order valence-corrected chi connectivity index (χ0v) is 10.9. The van der Waals surface area contributed by atoms with E-state index in [0.717, 1.165) is 16.8 Å². The van der Waals surface area contributed by atoms with Crippen molar-refractivity contribution in [1.29, 1.82) is 5.53 Å². The Morgan fingerprint density at radius 1 is 1.11 bits per heavy atom. The third-order valence-corrected chi connectivity index (χ3v) is 2.95. The number of amides is 1. The first-order valence-electron chi connectivity index (χ1n) is 5.97. The highest BCUT2D eigenvalue weighted by molar-refractivity contribution is 6.04. The van der Waals surface area contributed by atoms with Crippen LogP contribution in [0, 0.1) is 19.4 Å². The number of aryl methyl sites for hydroxylation is 2. The lowest BCUT2D eigenvalue weighted by Gasteiger charge is -2.10. The molecular formula is C15H15N3O. The Hall–Kier alpha value is -2.49. The first-order valence-corrected chi connectivity index (χ1v) is 5.97. The average molecular weight is 253 g/mol. The van der Waals surface area contributed by atoms with Crippen LogP contribution in [0.25, 0.3) is 0 Å². The van der Waals surface area contributed by atoms with Gasteiger partial charge in [-0.05, 0) is 49.2 Å². The molecule has 0 fully saturated rings. The van der Waals surface area contributed by atoms with E-state index in [2.05, 4.69) is 10.4 Å². The van der Waals surface area contributed by atoms with Crippen molar-refractivity contribution >= 4 is 17.3 Å². The van der Waals surface area contributed by atoms with Gasteiger partial charge in [0.25, 0.3) is 5.91 Å². The molecule has 0 radical (unpaired) electrons. The van der Waals surface area contributed by atoms with Crippen molar-refractivity contribution in [2.45, 2.75) is 13.8 Å². The Morgan fingerprint density at radius 3 is 2.42 bits per heavy atom. The number of nitrogens with one attached hydrogen (secondary N) is 2. The standard InChI is InChI=1S/C15H15N3O/c1-10-9-14(18-16)11(2)8-13(10)17-15(19)12-6-4-3-5-7-12/h3-9,16H,1-2H3,(H,17,19). The third-order valence-electron chi connectivity index (χ3n) is 2.95. The Morgan fingerprint density at radius 2 is 1.79 bits per heavy atom. The van der Waals surface area contributed by atoms with Crippen LogP contribution in [0.4, 0.5) is 11.4 Å². The second-order valence-corrected chi connectivity index (χ2v) is 4.39. The number of nitrogens with zero attached hydrogens (tertiary/aromatic N) is 1. The fourth-order valence-electron chi connectivity index (χ4n) is 1.84. The van der Waals surface area contributed by atoms with E-state index in [1.165, 1.54) is 0 Å². The van der Waals surface area contributed by atoms with E-state index >= 15 is 0 Å². The van der Waals surface area contributed by atoms with Crippen LogP contribution < -0.4 is 5.32 Å². The molecule has 0 atom stereocenters. The van der Waals surface area contributed by atoms with Crippen LogP contribution in [0.2, 0.25) is 0 Å². The quantitative estimate of drug-likeness (QED) is 0.790. The van der Waals surface area contributed by atoms with Gasteiger partial charge in [-0.25, -0.2) is 5.53 Å². The summed E-state index contributed by atoms with van der Waals surface area (Å²) in [5, 5.41) is 6.32. The molecule has 96 valence electrons. The lowest BCUT2D eigenvalue weighted by Crippen LogP contribution is -2.12. The van der Waals surface area contributed by atoms with Gasteiger partial charge >= 0.3 is 0 Å². The summed E-state index contributed by atoms with van der Waals surface area (Å²) in [6.07, 6.45) is 0. The molecule has 2 rings (SSSR count). The Labute approximate surface area is 112 Å². The highest BCUT2D eigenvalue weighted by atomic mass is 16.1. The number of anilines is 1. The maximum absolute atomic E-state index is 12.1. The summed E-state index contributed by atoms with van der Waals surface area (Å²) < 4.78 is 0. The van der Waals surface area contributed by atoms with Gasteiger partial charge in [0.1, 0.15) is 0 Å². The topological polar surface area (TPSA) is 65.3 Å². The van der Waals surface area contributed by atoms with Crippen molar-refractivity contribution in [2.75, 3.05) is 5.32 Å². The van der Waals surface area contributed by atoms with Crippen molar-refractivity contribution in [3.05, 3.63) is 59.2 Å². The van der Waals surface area contributed by atoms with Crippen molar-refractivity contribution in [3.63, 3.8) is 0 Å². The minimum absolute atomic E-state index is 0.140. The normalized spacial score (nSPS) is 10.0. The Balaban J connectivity index is 2.27. The van der Waals surface area contributed by atoms with E-state index in [9.17, 15) is 4.79 Å². The van der Waals surface area contributed by atoms with Crippen molar-refractivity contribution in [1.82, 2.24) is 0 Å². The smallest absolute Gasteiger partial charge is 0.255 e. The monoisotopic (exact) mass is 253 g/mol. The molecular weight excluding hydrogens is 238 g/mol.